The zero-order valence-corrected chi connectivity index (χ0v) is 12.7. The van der Waals surface area contributed by atoms with Crippen molar-refractivity contribution in [3.8, 4) is 0 Å². The van der Waals surface area contributed by atoms with Gasteiger partial charge in [-0.05, 0) is 60.4 Å². The molecule has 1 N–H and O–H groups in total. The summed E-state index contributed by atoms with van der Waals surface area (Å²) in [6.45, 7) is 0.782. The van der Waals surface area contributed by atoms with Crippen LogP contribution >= 0.6 is 22.6 Å². The molecule has 19 heavy (non-hydrogen) atoms. The van der Waals surface area contributed by atoms with Gasteiger partial charge in [0.1, 0.15) is 5.69 Å². The van der Waals surface area contributed by atoms with Gasteiger partial charge in [0.25, 0.3) is 5.69 Å². The summed E-state index contributed by atoms with van der Waals surface area (Å²) < 4.78 is 0.865. The van der Waals surface area contributed by atoms with Crippen LogP contribution in [0.1, 0.15) is 25.7 Å². The number of nitro groups is 1. The first kappa shape index (κ1) is 14.5. The molecule has 6 heteroatoms. The molecular weight excluding hydrogens is 359 g/mol. The van der Waals surface area contributed by atoms with E-state index in [-0.39, 0.29) is 17.2 Å². The summed E-state index contributed by atoms with van der Waals surface area (Å²) in [5, 5.41) is 20.2. The van der Waals surface area contributed by atoms with Crippen molar-refractivity contribution >= 4 is 34.0 Å². The molecule has 104 valence electrons. The molecule has 1 fully saturated rings. The maximum atomic E-state index is 11.2. The molecule has 1 aromatic carbocycles. The normalized spacial score (nSPS) is 15.1. The highest BCUT2D eigenvalue weighted by molar-refractivity contribution is 14.1. The van der Waals surface area contributed by atoms with Crippen molar-refractivity contribution in [2.24, 2.45) is 0 Å². The molecule has 0 atom stereocenters. The molecule has 0 bridgehead atoms. The van der Waals surface area contributed by atoms with Gasteiger partial charge in [0, 0.05) is 28.8 Å². The highest BCUT2D eigenvalue weighted by Gasteiger charge is 2.29. The minimum absolute atomic E-state index is 0.112. The van der Waals surface area contributed by atoms with E-state index in [1.165, 1.54) is 6.42 Å². The van der Waals surface area contributed by atoms with E-state index >= 15 is 0 Å². The van der Waals surface area contributed by atoms with E-state index < -0.39 is 0 Å². The highest BCUT2D eigenvalue weighted by atomic mass is 127. The Bertz CT molecular complexity index is 463. The Labute approximate surface area is 125 Å². The zero-order chi connectivity index (χ0) is 13.8. The lowest BCUT2D eigenvalue weighted by Gasteiger charge is -2.39. The first-order chi connectivity index (χ1) is 9.13. The van der Waals surface area contributed by atoms with Crippen LogP contribution < -0.4 is 4.90 Å². The van der Waals surface area contributed by atoms with Gasteiger partial charge in [0.05, 0.1) is 4.92 Å². The van der Waals surface area contributed by atoms with Crippen molar-refractivity contribution in [3.63, 3.8) is 0 Å². The maximum absolute atomic E-state index is 11.2. The van der Waals surface area contributed by atoms with E-state index in [0.29, 0.717) is 24.7 Å². The Morgan fingerprint density at radius 1 is 1.47 bits per heavy atom. The van der Waals surface area contributed by atoms with Gasteiger partial charge < -0.3 is 10.0 Å². The SMILES string of the molecule is O=[N+]([O-])c1cc(I)ccc1N(CCCO)C1CCC1. The summed E-state index contributed by atoms with van der Waals surface area (Å²) in [6, 6.07) is 5.72. The lowest BCUT2D eigenvalue weighted by atomic mass is 9.90. The summed E-state index contributed by atoms with van der Waals surface area (Å²) in [4.78, 5) is 13.0. The van der Waals surface area contributed by atoms with Crippen LogP contribution in [0.15, 0.2) is 18.2 Å². The van der Waals surface area contributed by atoms with Gasteiger partial charge in [-0.1, -0.05) is 0 Å². The Morgan fingerprint density at radius 3 is 2.74 bits per heavy atom. The molecule has 1 saturated carbocycles. The highest BCUT2D eigenvalue weighted by Crippen LogP contribution is 2.36. The number of hydrogen-bond donors (Lipinski definition) is 1. The van der Waals surface area contributed by atoms with Crippen molar-refractivity contribution in [1.29, 1.82) is 0 Å². The summed E-state index contributed by atoms with van der Waals surface area (Å²) >= 11 is 2.09. The van der Waals surface area contributed by atoms with Crippen LogP contribution in [-0.4, -0.2) is 29.2 Å². The number of aliphatic hydroxyl groups is 1. The van der Waals surface area contributed by atoms with Gasteiger partial charge in [-0.2, -0.15) is 0 Å². The first-order valence-corrected chi connectivity index (χ1v) is 7.53. The molecule has 0 heterocycles. The number of rotatable bonds is 6. The number of anilines is 1. The van der Waals surface area contributed by atoms with Gasteiger partial charge in [-0.15, -0.1) is 0 Å². The second kappa shape index (κ2) is 6.51. The standard InChI is InChI=1S/C13H17IN2O3/c14-10-5-6-12(13(9-10)16(18)19)15(7-2-8-17)11-3-1-4-11/h5-6,9,11,17H,1-4,7-8H2. The number of hydrogen-bond acceptors (Lipinski definition) is 4. The van der Waals surface area contributed by atoms with Crippen molar-refractivity contribution in [3.05, 3.63) is 31.9 Å². The Kier molecular flexibility index (Phi) is 4.98. The predicted molar refractivity (Wildman–Crippen MR) is 82.5 cm³/mol. The summed E-state index contributed by atoms with van der Waals surface area (Å²) in [7, 11) is 0. The average molecular weight is 376 g/mol. The molecule has 0 radical (unpaired) electrons. The van der Waals surface area contributed by atoms with Crippen LogP contribution in [0.4, 0.5) is 11.4 Å². The number of nitrogens with zero attached hydrogens (tertiary/aromatic N) is 2. The van der Waals surface area contributed by atoms with E-state index in [2.05, 4.69) is 27.5 Å². The average Bonchev–Trinajstić information content (AvgIpc) is 2.32. The fourth-order valence-corrected chi connectivity index (χ4v) is 2.80. The Balaban J connectivity index is 2.31. The molecular formula is C13H17IN2O3. The number of halogens is 1. The second-order valence-corrected chi connectivity index (χ2v) is 5.99. The van der Waals surface area contributed by atoms with Crippen LogP contribution in [0.2, 0.25) is 0 Å². The van der Waals surface area contributed by atoms with E-state index in [9.17, 15) is 10.1 Å². The Morgan fingerprint density at radius 2 is 2.21 bits per heavy atom. The molecule has 0 aromatic heterocycles. The fraction of sp³-hybridized carbons (Fsp3) is 0.538. The minimum atomic E-state index is -0.317. The van der Waals surface area contributed by atoms with E-state index in [4.69, 9.17) is 5.11 Å². The smallest absolute Gasteiger partial charge is 0.293 e. The van der Waals surface area contributed by atoms with Crippen LogP contribution in [0.25, 0.3) is 0 Å². The van der Waals surface area contributed by atoms with Gasteiger partial charge in [0.2, 0.25) is 0 Å². The third kappa shape index (κ3) is 3.36. The minimum Gasteiger partial charge on any atom is -0.396 e. The number of nitro benzene ring substituents is 1. The monoisotopic (exact) mass is 376 g/mol. The van der Waals surface area contributed by atoms with Crippen LogP contribution in [0.5, 0.6) is 0 Å². The number of aliphatic hydroxyl groups excluding tert-OH is 1. The largest absolute Gasteiger partial charge is 0.396 e. The van der Waals surface area contributed by atoms with Crippen molar-refractivity contribution in [2.75, 3.05) is 18.1 Å². The van der Waals surface area contributed by atoms with Gasteiger partial charge in [-0.3, -0.25) is 10.1 Å². The molecule has 0 amide bonds. The summed E-state index contributed by atoms with van der Waals surface area (Å²) in [5.74, 6) is 0. The molecule has 0 spiro atoms. The van der Waals surface area contributed by atoms with Crippen molar-refractivity contribution in [2.45, 2.75) is 31.7 Å². The van der Waals surface area contributed by atoms with E-state index in [0.717, 1.165) is 16.4 Å². The molecule has 1 aromatic rings. The van der Waals surface area contributed by atoms with E-state index in [1.807, 2.05) is 12.1 Å². The van der Waals surface area contributed by atoms with E-state index in [1.54, 1.807) is 6.07 Å². The topological polar surface area (TPSA) is 66.6 Å². The summed E-state index contributed by atoms with van der Waals surface area (Å²) in [5.41, 5.74) is 0.848. The first-order valence-electron chi connectivity index (χ1n) is 6.45. The molecule has 5 nitrogen and oxygen atoms in total. The Hall–Kier alpha value is -0.890. The summed E-state index contributed by atoms with van der Waals surface area (Å²) in [6.07, 6.45) is 3.97. The van der Waals surface area contributed by atoms with Gasteiger partial charge in [0.15, 0.2) is 0 Å². The second-order valence-electron chi connectivity index (χ2n) is 4.75. The molecule has 1 aliphatic rings. The van der Waals surface area contributed by atoms with Gasteiger partial charge in [-0.25, -0.2) is 0 Å². The molecule has 0 saturated heterocycles. The third-order valence-corrected chi connectivity index (χ3v) is 4.19. The lowest BCUT2D eigenvalue weighted by Crippen LogP contribution is -2.41. The van der Waals surface area contributed by atoms with Gasteiger partial charge >= 0.3 is 0 Å². The van der Waals surface area contributed by atoms with Crippen molar-refractivity contribution < 1.29 is 10.0 Å². The fourth-order valence-electron chi connectivity index (χ4n) is 2.32. The lowest BCUT2D eigenvalue weighted by molar-refractivity contribution is -0.384. The zero-order valence-electron chi connectivity index (χ0n) is 10.6. The van der Waals surface area contributed by atoms with Crippen molar-refractivity contribution in [1.82, 2.24) is 0 Å². The van der Waals surface area contributed by atoms with Crippen LogP contribution in [-0.2, 0) is 0 Å². The quantitative estimate of drug-likeness (QED) is 0.471. The molecule has 1 aliphatic carbocycles. The van der Waals surface area contributed by atoms with Crippen LogP contribution in [0.3, 0.4) is 0 Å². The molecule has 2 rings (SSSR count). The third-order valence-electron chi connectivity index (χ3n) is 3.52. The number of benzene rings is 1. The van der Waals surface area contributed by atoms with Crippen LogP contribution in [0, 0.1) is 13.7 Å². The molecule has 0 unspecified atom stereocenters. The maximum Gasteiger partial charge on any atom is 0.293 e. The predicted octanol–water partition coefficient (Wildman–Crippen LogP) is 2.94. The molecule has 0 aliphatic heterocycles.